The predicted octanol–water partition coefficient (Wildman–Crippen LogP) is 4.32. The van der Waals surface area contributed by atoms with Crippen molar-refractivity contribution in [2.45, 2.75) is 32.7 Å². The fourth-order valence-electron chi connectivity index (χ4n) is 2.04. The van der Waals surface area contributed by atoms with Crippen molar-refractivity contribution in [2.75, 3.05) is 12.4 Å². The average Bonchev–Trinajstić information content (AvgIpc) is 2.97. The first-order chi connectivity index (χ1) is 11.3. The molecule has 0 spiro atoms. The highest BCUT2D eigenvalue weighted by atomic mass is 32.1. The van der Waals surface area contributed by atoms with E-state index in [-0.39, 0.29) is 11.4 Å². The van der Waals surface area contributed by atoms with Crippen LogP contribution in [0, 0.1) is 0 Å². The van der Waals surface area contributed by atoms with Crippen molar-refractivity contribution < 1.29 is 9.53 Å². The van der Waals surface area contributed by atoms with Crippen molar-refractivity contribution in [3.8, 4) is 0 Å². The molecule has 0 saturated heterocycles. The van der Waals surface area contributed by atoms with Crippen LogP contribution in [0.15, 0.2) is 36.4 Å². The highest BCUT2D eigenvalue weighted by molar-refractivity contribution is 7.80. The SMILES string of the molecule is COC(=O)c1cc(C(C)(C)C)sc1NC(=S)NCc1ccccc1. The lowest BCUT2D eigenvalue weighted by molar-refractivity contribution is 0.0602. The molecule has 0 fully saturated rings. The molecular weight excluding hydrogens is 340 g/mol. The Bertz CT molecular complexity index is 718. The summed E-state index contributed by atoms with van der Waals surface area (Å²) in [5.41, 5.74) is 1.60. The first kappa shape index (κ1) is 18.4. The Balaban J connectivity index is 2.11. The Morgan fingerprint density at radius 2 is 1.92 bits per heavy atom. The summed E-state index contributed by atoms with van der Waals surface area (Å²) in [6, 6.07) is 11.9. The van der Waals surface area contributed by atoms with Crippen LogP contribution in [0.5, 0.6) is 0 Å². The second-order valence-corrected chi connectivity index (χ2v) is 7.85. The molecule has 0 aliphatic carbocycles. The second-order valence-electron chi connectivity index (χ2n) is 6.39. The van der Waals surface area contributed by atoms with Gasteiger partial charge in [0.2, 0.25) is 0 Å². The van der Waals surface area contributed by atoms with Crippen molar-refractivity contribution >= 4 is 39.6 Å². The molecule has 0 amide bonds. The van der Waals surface area contributed by atoms with Gasteiger partial charge in [-0.05, 0) is 29.3 Å². The summed E-state index contributed by atoms with van der Waals surface area (Å²) in [6.07, 6.45) is 0. The Morgan fingerprint density at radius 3 is 2.50 bits per heavy atom. The third-order valence-corrected chi connectivity index (χ3v) is 5.12. The number of carbonyl (C=O) groups excluding carboxylic acids is 1. The van der Waals surface area contributed by atoms with Gasteiger partial charge in [-0.25, -0.2) is 4.79 Å². The van der Waals surface area contributed by atoms with Gasteiger partial charge in [-0.1, -0.05) is 51.1 Å². The molecule has 0 bridgehead atoms. The topological polar surface area (TPSA) is 50.4 Å². The quantitative estimate of drug-likeness (QED) is 0.627. The summed E-state index contributed by atoms with van der Waals surface area (Å²) in [5.74, 6) is -0.366. The number of rotatable bonds is 4. The summed E-state index contributed by atoms with van der Waals surface area (Å²) in [5, 5.41) is 7.46. The summed E-state index contributed by atoms with van der Waals surface area (Å²) >= 11 is 6.87. The van der Waals surface area contributed by atoms with Crippen LogP contribution < -0.4 is 10.6 Å². The standard InChI is InChI=1S/C18H22N2O2S2/c1-18(2,3)14-10-13(16(21)22-4)15(24-14)20-17(23)19-11-12-8-6-5-7-9-12/h5-10H,11H2,1-4H3,(H2,19,20,23). The molecule has 0 radical (unpaired) electrons. The van der Waals surface area contributed by atoms with Gasteiger partial charge in [-0.3, -0.25) is 0 Å². The number of hydrogen-bond acceptors (Lipinski definition) is 4. The van der Waals surface area contributed by atoms with E-state index in [2.05, 4.69) is 31.4 Å². The largest absolute Gasteiger partial charge is 0.465 e. The van der Waals surface area contributed by atoms with Gasteiger partial charge < -0.3 is 15.4 Å². The molecule has 0 aliphatic rings. The van der Waals surface area contributed by atoms with Crippen molar-refractivity contribution in [3.05, 3.63) is 52.4 Å². The van der Waals surface area contributed by atoms with Crippen molar-refractivity contribution in [1.82, 2.24) is 5.32 Å². The molecule has 0 atom stereocenters. The van der Waals surface area contributed by atoms with Crippen molar-refractivity contribution in [3.63, 3.8) is 0 Å². The third-order valence-electron chi connectivity index (χ3n) is 3.40. The van der Waals surface area contributed by atoms with Gasteiger partial charge in [0.1, 0.15) is 5.00 Å². The molecule has 1 aromatic carbocycles. The zero-order valence-electron chi connectivity index (χ0n) is 14.3. The summed E-state index contributed by atoms with van der Waals surface area (Å²) in [6.45, 7) is 6.94. The number of hydrogen-bond donors (Lipinski definition) is 2. The number of nitrogens with one attached hydrogen (secondary N) is 2. The van der Waals surface area contributed by atoms with Crippen LogP contribution in [-0.2, 0) is 16.7 Å². The number of carbonyl (C=O) groups is 1. The minimum Gasteiger partial charge on any atom is -0.465 e. The molecule has 2 aromatic rings. The van der Waals surface area contributed by atoms with Gasteiger partial charge in [-0.2, -0.15) is 0 Å². The zero-order chi connectivity index (χ0) is 17.7. The highest BCUT2D eigenvalue weighted by Gasteiger charge is 2.23. The van der Waals surface area contributed by atoms with E-state index < -0.39 is 0 Å². The van der Waals surface area contributed by atoms with Gasteiger partial charge in [0, 0.05) is 11.4 Å². The number of ether oxygens (including phenoxy) is 1. The van der Waals surface area contributed by atoms with Gasteiger partial charge in [0.05, 0.1) is 12.7 Å². The molecular formula is C18H22N2O2S2. The molecule has 0 unspecified atom stereocenters. The molecule has 1 heterocycles. The number of methoxy groups -OCH3 is 1. The van der Waals surface area contributed by atoms with Crippen LogP contribution in [0.2, 0.25) is 0 Å². The molecule has 24 heavy (non-hydrogen) atoms. The fraction of sp³-hybridized carbons (Fsp3) is 0.333. The van der Waals surface area contributed by atoms with Crippen LogP contribution in [-0.4, -0.2) is 18.2 Å². The molecule has 0 saturated carbocycles. The van der Waals surface area contributed by atoms with E-state index in [1.165, 1.54) is 18.4 Å². The van der Waals surface area contributed by atoms with Gasteiger partial charge in [0.25, 0.3) is 0 Å². The van der Waals surface area contributed by atoms with E-state index in [0.717, 1.165) is 10.4 Å². The molecule has 0 aliphatic heterocycles. The van der Waals surface area contributed by atoms with E-state index >= 15 is 0 Å². The van der Waals surface area contributed by atoms with Crippen LogP contribution >= 0.6 is 23.6 Å². The Kier molecular flexibility index (Phi) is 5.96. The molecule has 2 rings (SSSR count). The Morgan fingerprint density at radius 1 is 1.25 bits per heavy atom. The number of benzene rings is 1. The fourth-order valence-corrected chi connectivity index (χ4v) is 3.39. The number of thiocarbonyl (C=S) groups is 1. The first-order valence-corrected chi connectivity index (χ1v) is 8.85. The molecule has 2 N–H and O–H groups in total. The average molecular weight is 363 g/mol. The first-order valence-electron chi connectivity index (χ1n) is 7.62. The van der Waals surface area contributed by atoms with Crippen LogP contribution in [0.1, 0.15) is 41.6 Å². The van der Waals surface area contributed by atoms with E-state index in [1.807, 2.05) is 36.4 Å². The molecule has 4 nitrogen and oxygen atoms in total. The lowest BCUT2D eigenvalue weighted by atomic mass is 9.94. The monoisotopic (exact) mass is 362 g/mol. The van der Waals surface area contributed by atoms with Gasteiger partial charge in [0.15, 0.2) is 5.11 Å². The molecule has 1 aromatic heterocycles. The Labute approximate surface area is 152 Å². The van der Waals surface area contributed by atoms with Crippen molar-refractivity contribution in [1.29, 1.82) is 0 Å². The smallest absolute Gasteiger partial charge is 0.340 e. The zero-order valence-corrected chi connectivity index (χ0v) is 15.9. The molecule has 128 valence electrons. The van der Waals surface area contributed by atoms with E-state index in [0.29, 0.717) is 22.2 Å². The lowest BCUT2D eigenvalue weighted by Crippen LogP contribution is -2.28. The van der Waals surface area contributed by atoms with Crippen LogP contribution in [0.4, 0.5) is 5.00 Å². The summed E-state index contributed by atoms with van der Waals surface area (Å²) in [4.78, 5) is 13.1. The van der Waals surface area contributed by atoms with E-state index in [4.69, 9.17) is 17.0 Å². The van der Waals surface area contributed by atoms with Crippen molar-refractivity contribution in [2.24, 2.45) is 0 Å². The van der Waals surface area contributed by atoms with E-state index in [1.54, 1.807) is 0 Å². The summed E-state index contributed by atoms with van der Waals surface area (Å²) < 4.78 is 4.88. The minimum absolute atomic E-state index is 0.0492. The van der Waals surface area contributed by atoms with E-state index in [9.17, 15) is 4.79 Å². The maximum Gasteiger partial charge on any atom is 0.340 e. The van der Waals surface area contributed by atoms with Gasteiger partial charge >= 0.3 is 5.97 Å². The maximum absolute atomic E-state index is 12.0. The lowest BCUT2D eigenvalue weighted by Gasteiger charge is -2.15. The highest BCUT2D eigenvalue weighted by Crippen LogP contribution is 2.36. The molecule has 6 heteroatoms. The maximum atomic E-state index is 12.0. The normalized spacial score (nSPS) is 11.0. The van der Waals surface area contributed by atoms with Gasteiger partial charge in [-0.15, -0.1) is 11.3 Å². The predicted molar refractivity (Wildman–Crippen MR) is 104 cm³/mol. The Hall–Kier alpha value is -1.92. The number of anilines is 1. The van der Waals surface area contributed by atoms with Crippen LogP contribution in [0.25, 0.3) is 0 Å². The number of esters is 1. The third kappa shape index (κ3) is 4.79. The minimum atomic E-state index is -0.366. The number of thiophene rings is 1. The summed E-state index contributed by atoms with van der Waals surface area (Å²) in [7, 11) is 1.38. The second kappa shape index (κ2) is 7.77. The van der Waals surface area contributed by atoms with Crippen LogP contribution in [0.3, 0.4) is 0 Å².